The molecule has 0 aromatic heterocycles. The van der Waals surface area contributed by atoms with E-state index in [1.807, 2.05) is 0 Å². The zero-order chi connectivity index (χ0) is 17.8. The van der Waals surface area contributed by atoms with Gasteiger partial charge < -0.3 is 24.9 Å². The van der Waals surface area contributed by atoms with E-state index in [0.717, 1.165) is 19.8 Å². The van der Waals surface area contributed by atoms with Gasteiger partial charge in [-0.25, -0.2) is 0 Å². The van der Waals surface area contributed by atoms with Gasteiger partial charge in [0.2, 0.25) is 0 Å². The van der Waals surface area contributed by atoms with E-state index in [1.165, 1.54) is 57.8 Å². The topological polar surface area (TPSA) is 89.8 Å². The molecule has 0 bridgehead atoms. The molecule has 0 aliphatic heterocycles. The summed E-state index contributed by atoms with van der Waals surface area (Å²) in [6.07, 6.45) is 13.6. The van der Waals surface area contributed by atoms with Gasteiger partial charge in [0, 0.05) is 5.97 Å². The molecule has 0 rings (SSSR count). The molecule has 0 aromatic carbocycles. The standard InChI is InChI=1S/C16H34O3.C2H4O2.Na/c1-2-3-4-5-6-7-8-9-10-11-12-16(18)15-19-14-13-17;1-2(3)4;/h16-18H,2-15H2,1H3;1H3,(H,3,4);/q;;+1/p-1. The minimum Gasteiger partial charge on any atom is -0.550 e. The zero-order valence-corrected chi connectivity index (χ0v) is 18.1. The molecule has 6 heteroatoms. The van der Waals surface area contributed by atoms with E-state index in [1.54, 1.807) is 0 Å². The molecule has 0 spiro atoms. The number of carbonyl (C=O) groups is 1. The number of aliphatic hydroxyl groups is 2. The van der Waals surface area contributed by atoms with Gasteiger partial charge in [0.05, 0.1) is 25.9 Å². The summed E-state index contributed by atoms with van der Waals surface area (Å²) in [5, 5.41) is 27.0. The third-order valence-electron chi connectivity index (χ3n) is 3.44. The maximum absolute atomic E-state index is 9.59. The van der Waals surface area contributed by atoms with Crippen LogP contribution in [0.15, 0.2) is 0 Å². The zero-order valence-electron chi connectivity index (χ0n) is 16.1. The molecule has 5 nitrogen and oxygen atoms in total. The van der Waals surface area contributed by atoms with Crippen LogP contribution in [-0.2, 0) is 9.53 Å². The van der Waals surface area contributed by atoms with Crippen molar-refractivity contribution in [1.29, 1.82) is 0 Å². The van der Waals surface area contributed by atoms with Crippen LogP contribution in [0.3, 0.4) is 0 Å². The maximum atomic E-state index is 9.59. The fraction of sp³-hybridized carbons (Fsp3) is 0.944. The Hall–Kier alpha value is 0.350. The molecule has 0 radical (unpaired) electrons. The van der Waals surface area contributed by atoms with Crippen molar-refractivity contribution in [3.8, 4) is 0 Å². The molecule has 0 saturated carbocycles. The molecule has 1 unspecified atom stereocenters. The first-order chi connectivity index (χ1) is 11.0. The summed E-state index contributed by atoms with van der Waals surface area (Å²) in [5.74, 6) is -1.08. The van der Waals surface area contributed by atoms with E-state index >= 15 is 0 Å². The summed E-state index contributed by atoms with van der Waals surface area (Å²) in [4.78, 5) is 8.89. The van der Waals surface area contributed by atoms with Crippen molar-refractivity contribution in [3.63, 3.8) is 0 Å². The van der Waals surface area contributed by atoms with Gasteiger partial charge in [-0.1, -0.05) is 71.1 Å². The predicted octanol–water partition coefficient (Wildman–Crippen LogP) is -0.573. The van der Waals surface area contributed by atoms with E-state index in [9.17, 15) is 5.11 Å². The van der Waals surface area contributed by atoms with Crippen molar-refractivity contribution >= 4 is 5.97 Å². The second-order valence-electron chi connectivity index (χ2n) is 5.91. The van der Waals surface area contributed by atoms with Crippen LogP contribution in [0.2, 0.25) is 0 Å². The van der Waals surface area contributed by atoms with Crippen LogP contribution >= 0.6 is 0 Å². The van der Waals surface area contributed by atoms with Gasteiger partial charge in [0.15, 0.2) is 0 Å². The van der Waals surface area contributed by atoms with Crippen molar-refractivity contribution in [1.82, 2.24) is 0 Å². The Bertz CT molecular complexity index is 235. The fourth-order valence-corrected chi connectivity index (χ4v) is 2.23. The third kappa shape index (κ3) is 33.8. The van der Waals surface area contributed by atoms with Crippen molar-refractivity contribution < 1.29 is 54.4 Å². The van der Waals surface area contributed by atoms with Crippen molar-refractivity contribution in [3.05, 3.63) is 0 Å². The first-order valence-electron chi connectivity index (χ1n) is 9.08. The van der Waals surface area contributed by atoms with Crippen molar-refractivity contribution in [2.75, 3.05) is 19.8 Å². The molecule has 0 heterocycles. The molecule has 0 aromatic rings. The van der Waals surface area contributed by atoms with E-state index in [-0.39, 0.29) is 42.3 Å². The molecule has 0 amide bonds. The predicted molar refractivity (Wildman–Crippen MR) is 91.1 cm³/mol. The Kier molecular flexibility index (Phi) is 31.1. The van der Waals surface area contributed by atoms with Gasteiger partial charge in [0.25, 0.3) is 0 Å². The van der Waals surface area contributed by atoms with E-state index < -0.39 is 5.97 Å². The van der Waals surface area contributed by atoms with E-state index in [2.05, 4.69) is 6.92 Å². The number of aliphatic carboxylic acids is 1. The maximum Gasteiger partial charge on any atom is 1.00 e. The Balaban J connectivity index is -0.000000787. The van der Waals surface area contributed by atoms with Crippen molar-refractivity contribution in [2.45, 2.75) is 90.6 Å². The number of hydrogen-bond acceptors (Lipinski definition) is 5. The summed E-state index contributed by atoms with van der Waals surface area (Å²) in [6, 6.07) is 0. The quantitative estimate of drug-likeness (QED) is 0.303. The molecule has 0 fully saturated rings. The average Bonchev–Trinajstić information content (AvgIpc) is 2.49. The molecule has 0 aliphatic rings. The number of carbonyl (C=O) groups excluding carboxylic acids is 1. The molecule has 140 valence electrons. The Morgan fingerprint density at radius 1 is 1.00 bits per heavy atom. The first-order valence-corrected chi connectivity index (χ1v) is 9.08. The monoisotopic (exact) mass is 356 g/mol. The summed E-state index contributed by atoms with van der Waals surface area (Å²) < 4.78 is 5.09. The van der Waals surface area contributed by atoms with Gasteiger partial charge in [-0.15, -0.1) is 0 Å². The van der Waals surface area contributed by atoms with E-state index in [0.29, 0.717) is 13.2 Å². The summed E-state index contributed by atoms with van der Waals surface area (Å²) in [7, 11) is 0. The summed E-state index contributed by atoms with van der Waals surface area (Å²) in [5.41, 5.74) is 0. The fourth-order valence-electron chi connectivity index (χ4n) is 2.23. The molecule has 0 saturated heterocycles. The number of carboxylic acids is 1. The van der Waals surface area contributed by atoms with Crippen LogP contribution in [0.4, 0.5) is 0 Å². The summed E-state index contributed by atoms with van der Waals surface area (Å²) >= 11 is 0. The first kappa shape index (κ1) is 29.1. The number of unbranched alkanes of at least 4 members (excludes halogenated alkanes) is 9. The van der Waals surface area contributed by atoms with E-state index in [4.69, 9.17) is 19.7 Å². The normalized spacial score (nSPS) is 11.2. The SMILES string of the molecule is CC(=O)[O-].CCCCCCCCCCCCC(O)COCCO.[Na+]. The van der Waals surface area contributed by atoms with Gasteiger partial charge >= 0.3 is 29.6 Å². The number of ether oxygens (including phenoxy) is 1. The largest absolute Gasteiger partial charge is 1.00 e. The Labute approximate surface area is 170 Å². The van der Waals surface area contributed by atoms with Gasteiger partial charge in [-0.05, 0) is 13.3 Å². The van der Waals surface area contributed by atoms with Crippen molar-refractivity contribution in [2.24, 2.45) is 0 Å². The Morgan fingerprint density at radius 2 is 1.42 bits per heavy atom. The Morgan fingerprint density at radius 3 is 1.83 bits per heavy atom. The van der Waals surface area contributed by atoms with Gasteiger partial charge in [-0.2, -0.15) is 0 Å². The van der Waals surface area contributed by atoms with Gasteiger partial charge in [-0.3, -0.25) is 0 Å². The molecule has 1 atom stereocenters. The summed E-state index contributed by atoms with van der Waals surface area (Å²) in [6.45, 7) is 3.95. The van der Waals surface area contributed by atoms with Crippen LogP contribution in [0.25, 0.3) is 0 Å². The molecular weight excluding hydrogens is 319 g/mol. The molecule has 24 heavy (non-hydrogen) atoms. The van der Waals surface area contributed by atoms with Crippen LogP contribution in [0.1, 0.15) is 84.5 Å². The number of rotatable bonds is 15. The smallest absolute Gasteiger partial charge is 0.550 e. The second-order valence-corrected chi connectivity index (χ2v) is 5.91. The minimum atomic E-state index is -1.08. The molecule has 2 N–H and O–H groups in total. The third-order valence-corrected chi connectivity index (χ3v) is 3.44. The minimum absolute atomic E-state index is 0. The van der Waals surface area contributed by atoms with Gasteiger partial charge in [0.1, 0.15) is 0 Å². The van der Waals surface area contributed by atoms with Crippen LogP contribution in [-0.4, -0.2) is 42.1 Å². The average molecular weight is 356 g/mol. The molecular formula is C18H37NaO5. The van der Waals surface area contributed by atoms with Crippen LogP contribution in [0, 0.1) is 0 Å². The second kappa shape index (κ2) is 25.6. The number of aliphatic hydroxyl groups excluding tert-OH is 2. The number of carboxylic acid groups (broad SMARTS) is 1. The number of hydrogen-bond donors (Lipinski definition) is 2. The molecule has 0 aliphatic carbocycles. The van der Waals surface area contributed by atoms with Crippen LogP contribution in [0.5, 0.6) is 0 Å². The van der Waals surface area contributed by atoms with Crippen LogP contribution < -0.4 is 34.7 Å².